The number of nitrogens with one attached hydrogen (secondary N) is 2. The van der Waals surface area contributed by atoms with Gasteiger partial charge in [0.25, 0.3) is 5.91 Å². The predicted octanol–water partition coefficient (Wildman–Crippen LogP) is 4.33. The number of benzene rings is 1. The number of aromatic amines is 1. The molecule has 0 bridgehead atoms. The number of carbonyl (C=O) groups excluding carboxylic acids is 2. The molecule has 1 fully saturated rings. The van der Waals surface area contributed by atoms with Gasteiger partial charge >= 0.3 is 6.09 Å². The van der Waals surface area contributed by atoms with E-state index >= 15 is 0 Å². The molecular weight excluding hydrogens is 470 g/mol. The Morgan fingerprint density at radius 2 is 1.84 bits per heavy atom. The van der Waals surface area contributed by atoms with Gasteiger partial charge in [0.1, 0.15) is 11.3 Å². The van der Waals surface area contributed by atoms with Crippen LogP contribution in [0.3, 0.4) is 0 Å². The number of aromatic nitrogens is 4. The zero-order valence-corrected chi connectivity index (χ0v) is 21.1. The smallest absolute Gasteiger partial charge is 0.410 e. The van der Waals surface area contributed by atoms with Crippen LogP contribution in [-0.2, 0) is 4.74 Å². The summed E-state index contributed by atoms with van der Waals surface area (Å²) in [4.78, 5) is 45.6. The first-order chi connectivity index (χ1) is 17.8. The van der Waals surface area contributed by atoms with E-state index in [-0.39, 0.29) is 17.7 Å². The van der Waals surface area contributed by atoms with Crippen LogP contribution in [0.4, 0.5) is 16.2 Å². The van der Waals surface area contributed by atoms with Gasteiger partial charge < -0.3 is 24.8 Å². The maximum atomic E-state index is 13.2. The van der Waals surface area contributed by atoms with Crippen LogP contribution < -0.4 is 10.2 Å². The summed E-state index contributed by atoms with van der Waals surface area (Å²) in [6, 6.07) is 11.3. The molecule has 37 heavy (non-hydrogen) atoms. The summed E-state index contributed by atoms with van der Waals surface area (Å²) in [6.07, 6.45) is 6.45. The number of hydrogen-bond acceptors (Lipinski definition) is 7. The molecule has 0 atom stereocenters. The molecule has 10 nitrogen and oxygen atoms in total. The lowest BCUT2D eigenvalue weighted by atomic mass is 10.1. The molecule has 4 heterocycles. The van der Waals surface area contributed by atoms with Crippen molar-refractivity contribution in [3.8, 4) is 11.4 Å². The number of H-pyrrole nitrogens is 1. The summed E-state index contributed by atoms with van der Waals surface area (Å²) in [5.41, 5.74) is 2.91. The SMILES string of the molecule is CC(C)(C)OC(=O)N1CCN(c2ccncc2NC(=O)c2ccnc(-c3ccc4cc[nH]c4c3)n2)CC1. The van der Waals surface area contributed by atoms with E-state index in [1.54, 1.807) is 29.6 Å². The number of pyridine rings is 1. The summed E-state index contributed by atoms with van der Waals surface area (Å²) in [5.74, 6) is 0.111. The Kier molecular flexibility index (Phi) is 6.47. The Morgan fingerprint density at radius 1 is 1.03 bits per heavy atom. The second-order valence-electron chi connectivity index (χ2n) is 9.85. The molecule has 4 aromatic rings. The zero-order valence-electron chi connectivity index (χ0n) is 21.1. The highest BCUT2D eigenvalue weighted by atomic mass is 16.6. The maximum Gasteiger partial charge on any atom is 0.410 e. The molecule has 10 heteroatoms. The van der Waals surface area contributed by atoms with Gasteiger partial charge in [-0.1, -0.05) is 12.1 Å². The fourth-order valence-electron chi connectivity index (χ4n) is 4.21. The first-order valence-corrected chi connectivity index (χ1v) is 12.2. The number of ether oxygens (including phenoxy) is 1. The molecule has 1 aromatic carbocycles. The van der Waals surface area contributed by atoms with E-state index in [0.29, 0.717) is 37.7 Å². The monoisotopic (exact) mass is 499 g/mol. The van der Waals surface area contributed by atoms with Crippen molar-refractivity contribution in [2.45, 2.75) is 26.4 Å². The highest BCUT2D eigenvalue weighted by Gasteiger charge is 2.27. The van der Waals surface area contributed by atoms with Crippen molar-refractivity contribution in [1.82, 2.24) is 24.8 Å². The van der Waals surface area contributed by atoms with Gasteiger partial charge in [-0.2, -0.15) is 0 Å². The van der Waals surface area contributed by atoms with Crippen LogP contribution in [0.25, 0.3) is 22.3 Å². The molecule has 5 rings (SSSR count). The summed E-state index contributed by atoms with van der Waals surface area (Å²) in [6.45, 7) is 7.81. The quantitative estimate of drug-likeness (QED) is 0.429. The number of rotatable bonds is 4. The average Bonchev–Trinajstić information content (AvgIpc) is 3.36. The van der Waals surface area contributed by atoms with Crippen molar-refractivity contribution < 1.29 is 14.3 Å². The molecule has 0 radical (unpaired) electrons. The van der Waals surface area contributed by atoms with Crippen LogP contribution in [0.15, 0.2) is 61.2 Å². The van der Waals surface area contributed by atoms with Gasteiger partial charge in [-0.05, 0) is 50.4 Å². The normalized spacial score (nSPS) is 14.0. The van der Waals surface area contributed by atoms with Crippen LogP contribution >= 0.6 is 0 Å². The molecule has 3 aromatic heterocycles. The van der Waals surface area contributed by atoms with Gasteiger partial charge in [0, 0.05) is 55.8 Å². The highest BCUT2D eigenvalue weighted by Crippen LogP contribution is 2.27. The summed E-state index contributed by atoms with van der Waals surface area (Å²) < 4.78 is 5.49. The molecule has 1 saturated heterocycles. The molecule has 0 unspecified atom stereocenters. The molecule has 0 saturated carbocycles. The van der Waals surface area contributed by atoms with Crippen molar-refractivity contribution in [3.63, 3.8) is 0 Å². The molecule has 190 valence electrons. The average molecular weight is 500 g/mol. The Hall–Kier alpha value is -4.47. The fourth-order valence-corrected chi connectivity index (χ4v) is 4.21. The zero-order chi connectivity index (χ0) is 26.0. The van der Waals surface area contributed by atoms with Crippen LogP contribution in [0, 0.1) is 0 Å². The Bertz CT molecular complexity index is 1440. The third-order valence-corrected chi connectivity index (χ3v) is 6.02. The molecule has 0 aliphatic carbocycles. The third-order valence-electron chi connectivity index (χ3n) is 6.02. The van der Waals surface area contributed by atoms with E-state index in [1.165, 1.54) is 0 Å². The standard InChI is InChI=1S/C27H29N7O3/c1-27(2,3)37-26(36)34-14-12-33(13-15-34)23-8-9-28-17-22(23)32-25(35)20-7-11-30-24(31-20)19-5-4-18-6-10-29-21(18)16-19/h4-11,16-17,29H,12-15H2,1-3H3,(H,32,35). The van der Waals surface area contributed by atoms with Gasteiger partial charge in [0.2, 0.25) is 0 Å². The lowest BCUT2D eigenvalue weighted by Crippen LogP contribution is -2.50. The lowest BCUT2D eigenvalue weighted by Gasteiger charge is -2.37. The van der Waals surface area contributed by atoms with Crippen molar-refractivity contribution in [3.05, 3.63) is 66.9 Å². The number of carbonyl (C=O) groups is 2. The minimum absolute atomic E-state index is 0.251. The van der Waals surface area contributed by atoms with Gasteiger partial charge in [0.05, 0.1) is 17.6 Å². The van der Waals surface area contributed by atoms with E-state index in [4.69, 9.17) is 4.74 Å². The summed E-state index contributed by atoms with van der Waals surface area (Å²) >= 11 is 0. The molecule has 0 spiro atoms. The van der Waals surface area contributed by atoms with Gasteiger partial charge in [0.15, 0.2) is 5.82 Å². The molecular formula is C27H29N7O3. The number of piperazine rings is 1. The number of anilines is 2. The van der Waals surface area contributed by atoms with Crippen LogP contribution in [0.2, 0.25) is 0 Å². The highest BCUT2D eigenvalue weighted by molar-refractivity contribution is 6.04. The summed E-state index contributed by atoms with van der Waals surface area (Å²) in [5, 5.41) is 4.04. The van der Waals surface area contributed by atoms with Gasteiger partial charge in [-0.15, -0.1) is 0 Å². The Labute approximate surface area is 214 Å². The van der Waals surface area contributed by atoms with Crippen LogP contribution in [-0.4, -0.2) is 68.6 Å². The van der Waals surface area contributed by atoms with E-state index < -0.39 is 5.60 Å². The predicted molar refractivity (Wildman–Crippen MR) is 142 cm³/mol. The molecule has 2 amide bonds. The number of fused-ring (bicyclic) bond motifs is 1. The molecule has 2 N–H and O–H groups in total. The van der Waals surface area contributed by atoms with E-state index in [1.807, 2.05) is 57.3 Å². The molecule has 1 aliphatic heterocycles. The minimum Gasteiger partial charge on any atom is -0.444 e. The largest absolute Gasteiger partial charge is 0.444 e. The first-order valence-electron chi connectivity index (χ1n) is 12.2. The Morgan fingerprint density at radius 3 is 2.62 bits per heavy atom. The van der Waals surface area contributed by atoms with Crippen molar-refractivity contribution in [2.75, 3.05) is 36.4 Å². The summed E-state index contributed by atoms with van der Waals surface area (Å²) in [7, 11) is 0. The maximum absolute atomic E-state index is 13.2. The van der Waals surface area contributed by atoms with Crippen molar-refractivity contribution in [2.24, 2.45) is 0 Å². The fraction of sp³-hybridized carbons (Fsp3) is 0.296. The van der Waals surface area contributed by atoms with Gasteiger partial charge in [-0.3, -0.25) is 9.78 Å². The third kappa shape index (κ3) is 5.53. The topological polar surface area (TPSA) is 116 Å². The Balaban J connectivity index is 1.29. The number of hydrogen-bond donors (Lipinski definition) is 2. The van der Waals surface area contributed by atoms with Gasteiger partial charge in [-0.25, -0.2) is 14.8 Å². The second kappa shape index (κ2) is 9.88. The van der Waals surface area contributed by atoms with Crippen LogP contribution in [0.5, 0.6) is 0 Å². The molecule has 1 aliphatic rings. The van der Waals surface area contributed by atoms with E-state index in [0.717, 1.165) is 22.2 Å². The lowest BCUT2D eigenvalue weighted by molar-refractivity contribution is 0.0240. The van der Waals surface area contributed by atoms with Crippen molar-refractivity contribution >= 4 is 34.3 Å². The first kappa shape index (κ1) is 24.2. The van der Waals surface area contributed by atoms with Crippen molar-refractivity contribution in [1.29, 1.82) is 0 Å². The minimum atomic E-state index is -0.535. The van der Waals surface area contributed by atoms with E-state index in [2.05, 4.69) is 30.2 Å². The second-order valence-corrected chi connectivity index (χ2v) is 9.85. The van der Waals surface area contributed by atoms with E-state index in [9.17, 15) is 9.59 Å². The number of amides is 2. The van der Waals surface area contributed by atoms with Crippen LogP contribution in [0.1, 0.15) is 31.3 Å². The number of nitrogens with zero attached hydrogens (tertiary/aromatic N) is 5.